The highest BCUT2D eigenvalue weighted by atomic mass is 16.6. The molecule has 2 atom stereocenters. The van der Waals surface area contributed by atoms with E-state index in [1.165, 1.54) is 17.6 Å². The zero-order valence-electron chi connectivity index (χ0n) is 15.7. The van der Waals surface area contributed by atoms with Crippen LogP contribution in [-0.4, -0.2) is 48.3 Å². The van der Waals surface area contributed by atoms with Crippen molar-refractivity contribution in [3.63, 3.8) is 0 Å². The summed E-state index contributed by atoms with van der Waals surface area (Å²) < 4.78 is 10.3. The predicted molar refractivity (Wildman–Crippen MR) is 95.2 cm³/mol. The van der Waals surface area contributed by atoms with E-state index < -0.39 is 23.7 Å². The molecule has 1 N–H and O–H groups in total. The minimum atomic E-state index is -0.615. The van der Waals surface area contributed by atoms with E-state index in [0.717, 1.165) is 5.56 Å². The summed E-state index contributed by atoms with van der Waals surface area (Å²) >= 11 is 0. The molecule has 1 aromatic rings. The zero-order chi connectivity index (χ0) is 18.6. The molecule has 0 aromatic heterocycles. The lowest BCUT2D eigenvalue weighted by molar-refractivity contribution is -0.145. The molecule has 1 amide bonds. The lowest BCUT2D eigenvalue weighted by atomic mass is 10.1. The van der Waals surface area contributed by atoms with Gasteiger partial charge in [0.25, 0.3) is 0 Å². The Balaban J connectivity index is 2.00. The first kappa shape index (κ1) is 19.2. The molecular formula is C19H28N2O4. The van der Waals surface area contributed by atoms with Crippen molar-refractivity contribution in [3.05, 3.63) is 35.4 Å². The molecule has 2 rings (SSSR count). The Hall–Kier alpha value is -2.08. The predicted octanol–water partition coefficient (Wildman–Crippen LogP) is 2.64. The Morgan fingerprint density at radius 3 is 2.44 bits per heavy atom. The van der Waals surface area contributed by atoms with Gasteiger partial charge in [-0.25, -0.2) is 9.59 Å². The van der Waals surface area contributed by atoms with Crippen molar-refractivity contribution >= 4 is 12.1 Å². The number of benzene rings is 1. The molecule has 1 fully saturated rings. The number of carbonyl (C=O) groups is 2. The van der Waals surface area contributed by atoms with Gasteiger partial charge in [0.05, 0.1) is 7.11 Å². The fourth-order valence-corrected chi connectivity index (χ4v) is 2.83. The topological polar surface area (TPSA) is 67.9 Å². The summed E-state index contributed by atoms with van der Waals surface area (Å²) in [6, 6.07) is 7.67. The smallest absolute Gasteiger partial charge is 0.411 e. The van der Waals surface area contributed by atoms with Crippen LogP contribution in [-0.2, 0) is 20.8 Å². The number of nitrogens with one attached hydrogen (secondary N) is 1. The van der Waals surface area contributed by atoms with Crippen molar-refractivity contribution in [2.75, 3.05) is 13.7 Å². The summed E-state index contributed by atoms with van der Waals surface area (Å²) in [5.41, 5.74) is 1.77. The highest BCUT2D eigenvalue weighted by molar-refractivity contribution is 5.82. The Labute approximate surface area is 149 Å². The van der Waals surface area contributed by atoms with Crippen molar-refractivity contribution in [1.29, 1.82) is 0 Å². The summed E-state index contributed by atoms with van der Waals surface area (Å²) in [4.78, 5) is 25.9. The molecule has 0 saturated carbocycles. The van der Waals surface area contributed by atoms with Crippen LogP contribution in [0.2, 0.25) is 0 Å². The van der Waals surface area contributed by atoms with E-state index in [9.17, 15) is 9.59 Å². The number of likely N-dealkylation sites (tertiary alicyclic amines) is 1. The van der Waals surface area contributed by atoms with E-state index in [1.807, 2.05) is 6.92 Å². The molecule has 1 aliphatic rings. The largest absolute Gasteiger partial charge is 0.467 e. The SMILES string of the molecule is COC(=O)[C@@H]1C[C@H](NCc2ccc(C)cc2)CN1C(=O)OC(C)(C)C. The van der Waals surface area contributed by atoms with Crippen LogP contribution in [0.1, 0.15) is 38.3 Å². The molecule has 1 aliphatic heterocycles. The minimum Gasteiger partial charge on any atom is -0.467 e. The maximum Gasteiger partial charge on any atom is 0.411 e. The average Bonchev–Trinajstić information content (AvgIpc) is 2.96. The molecule has 1 aromatic carbocycles. The quantitative estimate of drug-likeness (QED) is 0.847. The number of methoxy groups -OCH3 is 1. The first-order chi connectivity index (χ1) is 11.7. The van der Waals surface area contributed by atoms with Gasteiger partial charge < -0.3 is 14.8 Å². The van der Waals surface area contributed by atoms with Gasteiger partial charge in [-0.15, -0.1) is 0 Å². The van der Waals surface area contributed by atoms with Crippen LogP contribution in [0.5, 0.6) is 0 Å². The third-order valence-corrected chi connectivity index (χ3v) is 4.12. The third kappa shape index (κ3) is 5.46. The summed E-state index contributed by atoms with van der Waals surface area (Å²) in [7, 11) is 1.34. The standard InChI is InChI=1S/C19H28N2O4/c1-13-6-8-14(9-7-13)11-20-15-10-16(17(22)24-5)21(12-15)18(23)25-19(2,3)4/h6-9,15-16,20H,10-12H2,1-5H3/t15-,16-/m0/s1. The number of aryl methyl sites for hydroxylation is 1. The number of carbonyl (C=O) groups excluding carboxylic acids is 2. The van der Waals surface area contributed by atoms with Gasteiger partial charge in [-0.1, -0.05) is 29.8 Å². The van der Waals surface area contributed by atoms with Gasteiger partial charge in [0, 0.05) is 19.1 Å². The normalized spacial score (nSPS) is 20.4. The zero-order valence-corrected chi connectivity index (χ0v) is 15.7. The lowest BCUT2D eigenvalue weighted by Gasteiger charge is -2.27. The number of ether oxygens (including phenoxy) is 2. The fraction of sp³-hybridized carbons (Fsp3) is 0.579. The monoisotopic (exact) mass is 348 g/mol. The first-order valence-electron chi connectivity index (χ1n) is 8.56. The van der Waals surface area contributed by atoms with E-state index >= 15 is 0 Å². The van der Waals surface area contributed by atoms with Crippen molar-refractivity contribution in [3.8, 4) is 0 Å². The second kappa shape index (κ2) is 7.87. The van der Waals surface area contributed by atoms with E-state index in [-0.39, 0.29) is 6.04 Å². The van der Waals surface area contributed by atoms with Crippen molar-refractivity contribution in [2.24, 2.45) is 0 Å². The second-order valence-corrected chi connectivity index (χ2v) is 7.47. The molecule has 0 aliphatic carbocycles. The lowest BCUT2D eigenvalue weighted by Crippen LogP contribution is -2.44. The molecule has 0 radical (unpaired) electrons. The minimum absolute atomic E-state index is 0.0120. The number of hydrogen-bond acceptors (Lipinski definition) is 5. The third-order valence-electron chi connectivity index (χ3n) is 4.12. The van der Waals surface area contributed by atoms with Gasteiger partial charge in [-0.2, -0.15) is 0 Å². The van der Waals surface area contributed by atoms with Crippen molar-refractivity contribution in [1.82, 2.24) is 10.2 Å². The van der Waals surface area contributed by atoms with Crippen LogP contribution in [0.25, 0.3) is 0 Å². The van der Waals surface area contributed by atoms with Crippen LogP contribution in [0.3, 0.4) is 0 Å². The first-order valence-corrected chi connectivity index (χ1v) is 8.56. The van der Waals surface area contributed by atoms with Crippen LogP contribution >= 0.6 is 0 Å². The number of nitrogens with zero attached hydrogens (tertiary/aromatic N) is 1. The van der Waals surface area contributed by atoms with Crippen molar-refractivity contribution < 1.29 is 19.1 Å². The van der Waals surface area contributed by atoms with Gasteiger partial charge in [0.15, 0.2) is 0 Å². The molecule has 138 valence electrons. The van der Waals surface area contributed by atoms with Crippen LogP contribution in [0, 0.1) is 6.92 Å². The summed E-state index contributed by atoms with van der Waals surface area (Å²) in [5, 5.41) is 3.42. The van der Waals surface area contributed by atoms with Crippen LogP contribution in [0.15, 0.2) is 24.3 Å². The molecule has 0 bridgehead atoms. The fourth-order valence-electron chi connectivity index (χ4n) is 2.83. The van der Waals surface area contributed by atoms with Gasteiger partial charge in [0.1, 0.15) is 11.6 Å². The molecule has 0 unspecified atom stereocenters. The van der Waals surface area contributed by atoms with E-state index in [0.29, 0.717) is 19.5 Å². The molecule has 1 saturated heterocycles. The highest BCUT2D eigenvalue weighted by Gasteiger charge is 2.41. The van der Waals surface area contributed by atoms with Gasteiger partial charge in [-0.05, 0) is 39.7 Å². The number of rotatable bonds is 4. The van der Waals surface area contributed by atoms with Gasteiger partial charge in [0.2, 0.25) is 0 Å². The van der Waals surface area contributed by atoms with Gasteiger partial charge in [-0.3, -0.25) is 4.90 Å². The summed E-state index contributed by atoms with van der Waals surface area (Å²) in [6.07, 6.45) is 0.0279. The summed E-state index contributed by atoms with van der Waals surface area (Å²) in [5.74, 6) is -0.412. The van der Waals surface area contributed by atoms with Gasteiger partial charge >= 0.3 is 12.1 Å². The van der Waals surface area contributed by atoms with E-state index in [1.54, 1.807) is 20.8 Å². The molecule has 0 spiro atoms. The van der Waals surface area contributed by atoms with Crippen LogP contribution in [0.4, 0.5) is 4.79 Å². The Morgan fingerprint density at radius 1 is 1.24 bits per heavy atom. The van der Waals surface area contributed by atoms with Crippen molar-refractivity contribution in [2.45, 2.75) is 58.3 Å². The molecule has 25 heavy (non-hydrogen) atoms. The number of hydrogen-bond donors (Lipinski definition) is 1. The van der Waals surface area contributed by atoms with E-state index in [2.05, 4.69) is 29.6 Å². The second-order valence-electron chi connectivity index (χ2n) is 7.47. The maximum absolute atomic E-state index is 12.4. The molecular weight excluding hydrogens is 320 g/mol. The van der Waals surface area contributed by atoms with Crippen LogP contribution < -0.4 is 5.32 Å². The Bertz CT molecular complexity index is 607. The molecule has 1 heterocycles. The number of esters is 1. The average molecular weight is 348 g/mol. The van der Waals surface area contributed by atoms with E-state index in [4.69, 9.17) is 9.47 Å². The molecule has 6 heteroatoms. The summed E-state index contributed by atoms with van der Waals surface area (Å²) in [6.45, 7) is 8.57. The molecule has 6 nitrogen and oxygen atoms in total. The maximum atomic E-state index is 12.4. The highest BCUT2D eigenvalue weighted by Crippen LogP contribution is 2.22. The number of amides is 1. The Morgan fingerprint density at radius 2 is 1.88 bits per heavy atom. The Kier molecular flexibility index (Phi) is 6.06.